The van der Waals surface area contributed by atoms with E-state index >= 15 is 0 Å². The van der Waals surface area contributed by atoms with Gasteiger partial charge in [-0.3, -0.25) is 0 Å². The minimum atomic E-state index is 0.605. The van der Waals surface area contributed by atoms with Crippen LogP contribution in [0.2, 0.25) is 5.02 Å². The summed E-state index contributed by atoms with van der Waals surface area (Å²) in [5.74, 6) is 6.92. The number of benzene rings is 1. The van der Waals surface area contributed by atoms with E-state index in [2.05, 4.69) is 21.4 Å². The fraction of sp³-hybridized carbons (Fsp3) is 0.267. The quantitative estimate of drug-likeness (QED) is 0.674. The van der Waals surface area contributed by atoms with E-state index in [1.54, 1.807) is 12.1 Å². The Morgan fingerprint density at radius 2 is 2.14 bits per heavy atom. The molecule has 0 saturated heterocycles. The average Bonchev–Trinajstić information content (AvgIpc) is 2.72. The van der Waals surface area contributed by atoms with Crippen LogP contribution in [0.5, 0.6) is 5.75 Å². The van der Waals surface area contributed by atoms with E-state index in [0.717, 1.165) is 36.7 Å². The van der Waals surface area contributed by atoms with Gasteiger partial charge in [0, 0.05) is 6.54 Å². The van der Waals surface area contributed by atoms with E-state index in [4.69, 9.17) is 22.2 Å². The van der Waals surface area contributed by atoms with E-state index < -0.39 is 0 Å². The number of ether oxygens (including phenoxy) is 1. The molecule has 0 bridgehead atoms. The maximum atomic E-state index is 6.25. The third-order valence-corrected chi connectivity index (χ3v) is 3.79. The number of hydrogen-bond donors (Lipinski definition) is 2. The molecule has 0 amide bonds. The van der Waals surface area contributed by atoms with Gasteiger partial charge in [-0.15, -0.1) is 0 Å². The number of nitrogen functional groups attached to an aromatic ring is 1. The predicted molar refractivity (Wildman–Crippen MR) is 84.7 cm³/mol. The fourth-order valence-corrected chi connectivity index (χ4v) is 2.58. The van der Waals surface area contributed by atoms with Gasteiger partial charge in [-0.05, 0) is 30.7 Å². The Labute approximate surface area is 128 Å². The van der Waals surface area contributed by atoms with Crippen LogP contribution in [-0.2, 0) is 6.54 Å². The summed E-state index contributed by atoms with van der Waals surface area (Å²) >= 11 is 6.25. The summed E-state index contributed by atoms with van der Waals surface area (Å²) in [5.41, 5.74) is 4.41. The minimum absolute atomic E-state index is 0.605. The first kappa shape index (κ1) is 14.0. The third-order valence-electron chi connectivity index (χ3n) is 3.44. The number of nitrogens with two attached hydrogens (primary N) is 1. The zero-order chi connectivity index (χ0) is 14.7. The second-order valence-electron chi connectivity index (χ2n) is 4.86. The largest absolute Gasteiger partial charge is 0.491 e. The van der Waals surface area contributed by atoms with Gasteiger partial charge in [0.1, 0.15) is 11.6 Å². The van der Waals surface area contributed by atoms with Gasteiger partial charge in [-0.25, -0.2) is 10.8 Å². The van der Waals surface area contributed by atoms with Gasteiger partial charge in [0.25, 0.3) is 0 Å². The number of fused-ring (bicyclic) bond motifs is 1. The Balaban J connectivity index is 1.91. The van der Waals surface area contributed by atoms with Crippen LogP contribution in [0, 0.1) is 0 Å². The zero-order valence-corrected chi connectivity index (χ0v) is 12.3. The normalized spacial score (nSPS) is 14.1. The van der Waals surface area contributed by atoms with Crippen LogP contribution >= 0.6 is 11.6 Å². The molecule has 1 aliphatic heterocycles. The van der Waals surface area contributed by atoms with Gasteiger partial charge < -0.3 is 15.1 Å². The Bertz CT molecular complexity index is 635. The van der Waals surface area contributed by atoms with Crippen LogP contribution in [0.3, 0.4) is 0 Å². The first-order valence-electron chi connectivity index (χ1n) is 6.87. The molecular formula is C15H17ClN4O. The van der Waals surface area contributed by atoms with Gasteiger partial charge >= 0.3 is 0 Å². The van der Waals surface area contributed by atoms with Crippen molar-refractivity contribution in [3.05, 3.63) is 47.1 Å². The molecule has 0 unspecified atom stereocenters. The molecule has 2 aromatic rings. The van der Waals surface area contributed by atoms with Crippen molar-refractivity contribution in [1.82, 2.24) is 4.98 Å². The Morgan fingerprint density at radius 3 is 3.00 bits per heavy atom. The van der Waals surface area contributed by atoms with Crippen molar-refractivity contribution in [3.63, 3.8) is 0 Å². The summed E-state index contributed by atoms with van der Waals surface area (Å²) in [6, 6.07) is 11.6. The number of hydrogen-bond acceptors (Lipinski definition) is 5. The summed E-state index contributed by atoms with van der Waals surface area (Å²) in [4.78, 5) is 6.67. The first-order chi connectivity index (χ1) is 10.3. The van der Waals surface area contributed by atoms with Gasteiger partial charge in [-0.1, -0.05) is 23.7 Å². The molecule has 0 radical (unpaired) electrons. The molecule has 1 aromatic heterocycles. The molecule has 6 heteroatoms. The van der Waals surface area contributed by atoms with Crippen molar-refractivity contribution < 1.29 is 4.74 Å². The number of halogens is 1. The molecule has 0 saturated carbocycles. The molecule has 3 N–H and O–H groups in total. The van der Waals surface area contributed by atoms with Crippen molar-refractivity contribution in [2.24, 2.45) is 5.84 Å². The second-order valence-corrected chi connectivity index (χ2v) is 5.27. The molecule has 2 heterocycles. The number of hydrazine groups is 1. The predicted octanol–water partition coefficient (Wildman–Crippen LogP) is 2.81. The monoisotopic (exact) mass is 304 g/mol. The minimum Gasteiger partial charge on any atom is -0.491 e. The van der Waals surface area contributed by atoms with Gasteiger partial charge in [0.05, 0.1) is 29.6 Å². The molecule has 1 aromatic carbocycles. The van der Waals surface area contributed by atoms with Gasteiger partial charge in [0.15, 0.2) is 0 Å². The molecule has 0 aliphatic carbocycles. The lowest BCUT2D eigenvalue weighted by atomic mass is 10.2. The van der Waals surface area contributed by atoms with E-state index in [0.29, 0.717) is 17.4 Å². The van der Waals surface area contributed by atoms with Gasteiger partial charge in [0.2, 0.25) is 0 Å². The van der Waals surface area contributed by atoms with Crippen molar-refractivity contribution >= 4 is 23.1 Å². The van der Waals surface area contributed by atoms with E-state index in [1.165, 1.54) is 0 Å². The highest BCUT2D eigenvalue weighted by Gasteiger charge is 2.17. The standard InChI is InChI=1S/C15H17ClN4O/c16-11-6-7-15(19-17)18-12(11)10-20-8-3-9-21-14-5-2-1-4-13(14)20/h1-2,4-7H,3,8-10,17H2,(H,18,19). The highest BCUT2D eigenvalue weighted by atomic mass is 35.5. The van der Waals surface area contributed by atoms with Crippen molar-refractivity contribution in [1.29, 1.82) is 0 Å². The third kappa shape index (κ3) is 3.04. The summed E-state index contributed by atoms with van der Waals surface area (Å²) in [7, 11) is 0. The summed E-state index contributed by atoms with van der Waals surface area (Å²) in [6.07, 6.45) is 0.959. The van der Waals surface area contributed by atoms with Gasteiger partial charge in [-0.2, -0.15) is 0 Å². The lowest BCUT2D eigenvalue weighted by Crippen LogP contribution is -2.24. The molecule has 110 valence electrons. The molecule has 0 fully saturated rings. The van der Waals surface area contributed by atoms with E-state index in [-0.39, 0.29) is 0 Å². The van der Waals surface area contributed by atoms with Crippen molar-refractivity contribution in [3.8, 4) is 5.75 Å². The Hall–Kier alpha value is -1.98. The summed E-state index contributed by atoms with van der Waals surface area (Å²) in [5, 5.41) is 0.636. The van der Waals surface area contributed by atoms with E-state index in [9.17, 15) is 0 Å². The number of nitrogens with one attached hydrogen (secondary N) is 1. The lowest BCUT2D eigenvalue weighted by Gasteiger charge is -2.24. The number of pyridine rings is 1. The molecule has 5 nitrogen and oxygen atoms in total. The number of rotatable bonds is 3. The highest BCUT2D eigenvalue weighted by molar-refractivity contribution is 6.31. The molecule has 3 rings (SSSR count). The van der Waals surface area contributed by atoms with Crippen molar-refractivity contribution in [2.45, 2.75) is 13.0 Å². The molecule has 0 spiro atoms. The maximum Gasteiger partial charge on any atom is 0.142 e. The fourth-order valence-electron chi connectivity index (χ4n) is 2.42. The molecule has 1 aliphatic rings. The van der Waals surface area contributed by atoms with Crippen LogP contribution in [0.1, 0.15) is 12.1 Å². The Morgan fingerprint density at radius 1 is 1.29 bits per heavy atom. The number of aromatic nitrogens is 1. The molecule has 0 atom stereocenters. The van der Waals surface area contributed by atoms with Crippen molar-refractivity contribution in [2.75, 3.05) is 23.5 Å². The number of nitrogens with zero attached hydrogens (tertiary/aromatic N) is 2. The van der Waals surface area contributed by atoms with E-state index in [1.807, 2.05) is 18.2 Å². The van der Waals surface area contributed by atoms with Crippen LogP contribution < -0.4 is 20.9 Å². The smallest absolute Gasteiger partial charge is 0.142 e. The molecular weight excluding hydrogens is 288 g/mol. The zero-order valence-electron chi connectivity index (χ0n) is 11.6. The lowest BCUT2D eigenvalue weighted by molar-refractivity contribution is 0.322. The SMILES string of the molecule is NNc1ccc(Cl)c(CN2CCCOc3ccccc32)n1. The Kier molecular flexibility index (Phi) is 4.13. The topological polar surface area (TPSA) is 63.4 Å². The number of para-hydroxylation sites is 2. The summed E-state index contributed by atoms with van der Waals surface area (Å²) in [6.45, 7) is 2.24. The summed E-state index contributed by atoms with van der Waals surface area (Å²) < 4.78 is 5.76. The second kappa shape index (κ2) is 6.20. The highest BCUT2D eigenvalue weighted by Crippen LogP contribution is 2.32. The number of anilines is 2. The maximum absolute atomic E-state index is 6.25. The first-order valence-corrected chi connectivity index (χ1v) is 7.24. The van der Waals surface area contributed by atoms with Crippen LogP contribution in [-0.4, -0.2) is 18.1 Å². The van der Waals surface area contributed by atoms with Crippen LogP contribution in [0.15, 0.2) is 36.4 Å². The average molecular weight is 305 g/mol. The molecule has 21 heavy (non-hydrogen) atoms. The van der Waals surface area contributed by atoms with Crippen LogP contribution in [0.25, 0.3) is 0 Å². The van der Waals surface area contributed by atoms with Crippen LogP contribution in [0.4, 0.5) is 11.5 Å².